The van der Waals surface area contributed by atoms with Crippen molar-refractivity contribution in [1.82, 2.24) is 0 Å². The predicted molar refractivity (Wildman–Crippen MR) is 20.8 cm³/mol. The second kappa shape index (κ2) is 2.81. The van der Waals surface area contributed by atoms with Crippen LogP contribution < -0.4 is 0 Å². The van der Waals surface area contributed by atoms with Crippen molar-refractivity contribution in [2.45, 2.75) is 0 Å². The van der Waals surface area contributed by atoms with E-state index in [1.165, 1.54) is 4.99 Å². The number of hydrogen-bond acceptors (Lipinski definition) is 1. The van der Waals surface area contributed by atoms with Gasteiger partial charge in [-0.25, -0.2) is 0 Å². The number of allylic oxidation sites excluding steroid dienone is 1. The first-order chi connectivity index (χ1) is 2.81. The molecule has 34 valence electrons. The van der Waals surface area contributed by atoms with Crippen molar-refractivity contribution in [1.29, 1.82) is 5.26 Å². The Labute approximate surface area is 44.2 Å². The minimum atomic E-state index is 0.356. The van der Waals surface area contributed by atoms with Crippen LogP contribution in [-0.2, 0) is 15.0 Å². The fourth-order valence-electron chi connectivity index (χ4n) is 0.0204. The summed E-state index contributed by atoms with van der Waals surface area (Å²) in [6.45, 7) is 3.28. The third-order valence-corrected chi connectivity index (χ3v) is 0.598. The van der Waals surface area contributed by atoms with Crippen molar-refractivity contribution < 1.29 is 15.0 Å². The number of nitriles is 1. The Morgan fingerprint density at radius 3 is 2.50 bits per heavy atom. The first-order valence-corrected chi connectivity index (χ1v) is 1.87. The molecule has 0 rings (SSSR count). The van der Waals surface area contributed by atoms with Crippen LogP contribution >= 0.6 is 0 Å². The molecule has 2 heteroatoms. The summed E-state index contributed by atoms with van der Waals surface area (Å²) in [6.07, 6.45) is 0. The van der Waals surface area contributed by atoms with E-state index < -0.39 is 0 Å². The Kier molecular flexibility index (Phi) is 2.62. The molecule has 0 radical (unpaired) electrons. The van der Waals surface area contributed by atoms with Crippen molar-refractivity contribution in [3.63, 3.8) is 0 Å². The summed E-state index contributed by atoms with van der Waals surface area (Å²) in [5, 5.41) is 7.89. The van der Waals surface area contributed by atoms with Crippen LogP contribution in [0.3, 0.4) is 0 Å². The molecule has 0 atom stereocenters. The van der Waals surface area contributed by atoms with Crippen molar-refractivity contribution >= 4 is 4.99 Å². The molecule has 0 aromatic heterocycles. The van der Waals surface area contributed by atoms with Crippen molar-refractivity contribution in [3.8, 4) is 6.07 Å². The van der Waals surface area contributed by atoms with Crippen molar-refractivity contribution in [2.24, 2.45) is 0 Å². The molecule has 0 heterocycles. The molecule has 0 aromatic rings. The van der Waals surface area contributed by atoms with E-state index in [2.05, 4.69) is 21.6 Å². The summed E-state index contributed by atoms with van der Waals surface area (Å²) in [5.74, 6) is 0. The summed E-state index contributed by atoms with van der Waals surface area (Å²) < 4.78 is 0. The average molecular weight is 124 g/mol. The first-order valence-electron chi connectivity index (χ1n) is 1.30. The second-order valence-corrected chi connectivity index (χ2v) is 1.01. The van der Waals surface area contributed by atoms with Gasteiger partial charge in [-0.3, -0.25) is 0 Å². The van der Waals surface area contributed by atoms with Crippen LogP contribution in [0.15, 0.2) is 12.2 Å². The van der Waals surface area contributed by atoms with Crippen molar-refractivity contribution in [2.75, 3.05) is 0 Å². The van der Waals surface area contributed by atoms with E-state index in [-0.39, 0.29) is 0 Å². The monoisotopic (exact) mass is 123 g/mol. The molecule has 0 bridgehead atoms. The molecule has 0 amide bonds. The Balaban J connectivity index is 3.63. The molecule has 0 fully saturated rings. The summed E-state index contributed by atoms with van der Waals surface area (Å²) >= 11 is 4.07. The molecule has 0 aliphatic heterocycles. The molecule has 0 aliphatic carbocycles. The van der Waals surface area contributed by atoms with Gasteiger partial charge in [-0.05, 0) is 0 Å². The first kappa shape index (κ1) is 5.59. The fraction of sp³-hybridized carbons (Fsp3) is 0. The molecule has 0 aromatic carbocycles. The molecular weight excluding hydrogens is 121 g/mol. The zero-order valence-electron chi connectivity index (χ0n) is 3.05. The van der Waals surface area contributed by atoms with E-state index in [1.54, 1.807) is 6.07 Å². The molecule has 0 aliphatic rings. The van der Waals surface area contributed by atoms with Gasteiger partial charge in [0.25, 0.3) is 0 Å². The van der Waals surface area contributed by atoms with Gasteiger partial charge in [0.2, 0.25) is 0 Å². The molecule has 0 spiro atoms. The van der Waals surface area contributed by atoms with Gasteiger partial charge in [0.15, 0.2) is 0 Å². The van der Waals surface area contributed by atoms with Crippen LogP contribution in [0.2, 0.25) is 0 Å². The Hall–Kier alpha value is -0.406. The molecular formula is C4H3NNi. The second-order valence-electron chi connectivity index (χ2n) is 0.728. The van der Waals surface area contributed by atoms with Gasteiger partial charge in [0.05, 0.1) is 0 Å². The van der Waals surface area contributed by atoms with E-state index in [9.17, 15) is 0 Å². The fourth-order valence-corrected chi connectivity index (χ4v) is 0.0842. The van der Waals surface area contributed by atoms with Crippen LogP contribution in [-0.4, -0.2) is 4.99 Å². The van der Waals surface area contributed by atoms with Crippen LogP contribution in [0.25, 0.3) is 0 Å². The van der Waals surface area contributed by atoms with Gasteiger partial charge in [0.1, 0.15) is 0 Å². The zero-order valence-corrected chi connectivity index (χ0v) is 4.04. The summed E-state index contributed by atoms with van der Waals surface area (Å²) in [7, 11) is 0. The standard InChI is InChI=1S/C4H3N.Ni/c1-4(2)3-5;/h1H,2H2;. The molecule has 0 saturated heterocycles. The van der Waals surface area contributed by atoms with Gasteiger partial charge >= 0.3 is 43.5 Å². The normalized spacial score (nSPS) is 6.17. The molecule has 0 N–H and O–H groups in total. The van der Waals surface area contributed by atoms with Crippen LogP contribution in [0.1, 0.15) is 0 Å². The SMILES string of the molecule is C=C(C#N)[CH]=[Ni]. The number of rotatable bonds is 1. The van der Waals surface area contributed by atoms with Crippen molar-refractivity contribution in [3.05, 3.63) is 12.2 Å². The topological polar surface area (TPSA) is 23.8 Å². The van der Waals surface area contributed by atoms with E-state index in [4.69, 9.17) is 5.26 Å². The van der Waals surface area contributed by atoms with E-state index >= 15 is 0 Å². The number of hydrogen-bond donors (Lipinski definition) is 0. The van der Waals surface area contributed by atoms with Crippen LogP contribution in [0.5, 0.6) is 0 Å². The molecule has 0 unspecified atom stereocenters. The number of nitrogens with zero attached hydrogens (tertiary/aromatic N) is 1. The summed E-state index contributed by atoms with van der Waals surface area (Å²) in [5.41, 5.74) is 0.356. The Morgan fingerprint density at radius 2 is 2.50 bits per heavy atom. The van der Waals surface area contributed by atoms with Crippen LogP contribution in [0.4, 0.5) is 0 Å². The van der Waals surface area contributed by atoms with E-state index in [0.29, 0.717) is 5.57 Å². The molecule has 6 heavy (non-hydrogen) atoms. The quantitative estimate of drug-likeness (QED) is 0.366. The maximum absolute atomic E-state index is 7.89. The van der Waals surface area contributed by atoms with Gasteiger partial charge in [-0.15, -0.1) is 0 Å². The zero-order chi connectivity index (χ0) is 4.99. The maximum atomic E-state index is 7.89. The third kappa shape index (κ3) is 1.87. The van der Waals surface area contributed by atoms with E-state index in [0.717, 1.165) is 0 Å². The summed E-state index contributed by atoms with van der Waals surface area (Å²) in [4.78, 5) is 1.29. The van der Waals surface area contributed by atoms with Gasteiger partial charge in [0, 0.05) is 0 Å². The summed E-state index contributed by atoms with van der Waals surface area (Å²) in [6, 6.07) is 1.77. The van der Waals surface area contributed by atoms with Gasteiger partial charge in [-0.1, -0.05) is 0 Å². The predicted octanol–water partition coefficient (Wildman–Crippen LogP) is 0.415. The minimum absolute atomic E-state index is 0.356. The molecule has 0 saturated carbocycles. The van der Waals surface area contributed by atoms with Crippen LogP contribution in [0, 0.1) is 11.3 Å². The molecule has 1 nitrogen and oxygen atoms in total. The average Bonchev–Trinajstić information content (AvgIpc) is 1.65. The third-order valence-electron chi connectivity index (χ3n) is 0.254. The van der Waals surface area contributed by atoms with E-state index in [1.807, 2.05) is 0 Å². The van der Waals surface area contributed by atoms with Gasteiger partial charge < -0.3 is 0 Å². The Morgan fingerprint density at radius 1 is 2.00 bits per heavy atom. The van der Waals surface area contributed by atoms with Gasteiger partial charge in [-0.2, -0.15) is 0 Å². The Bertz CT molecular complexity index is 109.